The fourth-order valence-electron chi connectivity index (χ4n) is 3.05. The molecule has 3 rings (SSSR count). The molecule has 1 aromatic carbocycles. The standard InChI is InChI=1S/C21H25FN4/c1-15(2)13-26-14-17(12-25-26)9-18-10-19(22)4-5-20(18)21-6-3-16(7-8-23)11-24-21/h3-6,10-12,14-15H,7-9,13,23H2,1-2H3. The van der Waals surface area contributed by atoms with Crippen molar-refractivity contribution in [3.05, 3.63) is 71.4 Å². The van der Waals surface area contributed by atoms with E-state index in [1.54, 1.807) is 12.1 Å². The Morgan fingerprint density at radius 1 is 1.12 bits per heavy atom. The van der Waals surface area contributed by atoms with Crippen molar-refractivity contribution in [3.63, 3.8) is 0 Å². The molecule has 0 atom stereocenters. The van der Waals surface area contributed by atoms with Gasteiger partial charge in [-0.25, -0.2) is 4.39 Å². The quantitative estimate of drug-likeness (QED) is 0.703. The van der Waals surface area contributed by atoms with Crippen molar-refractivity contribution >= 4 is 0 Å². The van der Waals surface area contributed by atoms with E-state index in [0.717, 1.165) is 40.9 Å². The minimum Gasteiger partial charge on any atom is -0.330 e. The molecule has 0 aliphatic rings. The number of aromatic nitrogens is 3. The first-order valence-corrected chi connectivity index (χ1v) is 9.00. The summed E-state index contributed by atoms with van der Waals surface area (Å²) in [6, 6.07) is 8.88. The van der Waals surface area contributed by atoms with Gasteiger partial charge >= 0.3 is 0 Å². The van der Waals surface area contributed by atoms with Crippen molar-refractivity contribution in [2.45, 2.75) is 33.2 Å². The minimum absolute atomic E-state index is 0.238. The molecule has 0 saturated heterocycles. The van der Waals surface area contributed by atoms with Crippen LogP contribution in [0.15, 0.2) is 48.9 Å². The van der Waals surface area contributed by atoms with Gasteiger partial charge in [0.15, 0.2) is 0 Å². The lowest BCUT2D eigenvalue weighted by atomic mass is 9.98. The van der Waals surface area contributed by atoms with Crippen LogP contribution in [-0.2, 0) is 19.4 Å². The molecule has 0 unspecified atom stereocenters. The third-order valence-corrected chi connectivity index (χ3v) is 4.23. The fraction of sp³-hybridized carbons (Fsp3) is 0.333. The smallest absolute Gasteiger partial charge is 0.123 e. The van der Waals surface area contributed by atoms with Gasteiger partial charge in [-0.3, -0.25) is 9.67 Å². The minimum atomic E-state index is -0.238. The first-order chi connectivity index (χ1) is 12.5. The Bertz CT molecular complexity index is 853. The highest BCUT2D eigenvalue weighted by molar-refractivity contribution is 5.64. The van der Waals surface area contributed by atoms with Gasteiger partial charge in [0.1, 0.15) is 5.82 Å². The third kappa shape index (κ3) is 4.55. The average Bonchev–Trinajstić information content (AvgIpc) is 3.02. The average molecular weight is 352 g/mol. The summed E-state index contributed by atoms with van der Waals surface area (Å²) in [6.45, 7) is 5.79. The SMILES string of the molecule is CC(C)Cn1cc(Cc2cc(F)ccc2-c2ccc(CCN)cn2)cn1. The molecule has 0 saturated carbocycles. The second-order valence-electron chi connectivity index (χ2n) is 7.03. The molecule has 2 aromatic heterocycles. The molecule has 3 aromatic rings. The first kappa shape index (κ1) is 18.3. The van der Waals surface area contributed by atoms with E-state index >= 15 is 0 Å². The molecule has 0 aliphatic carbocycles. The Kier molecular flexibility index (Phi) is 5.78. The van der Waals surface area contributed by atoms with Gasteiger partial charge in [0.05, 0.1) is 11.9 Å². The number of hydrogen-bond acceptors (Lipinski definition) is 3. The number of halogens is 1. The fourth-order valence-corrected chi connectivity index (χ4v) is 3.05. The zero-order valence-electron chi connectivity index (χ0n) is 15.3. The van der Waals surface area contributed by atoms with Crippen LogP contribution in [0.1, 0.15) is 30.5 Å². The number of rotatable bonds is 7. The van der Waals surface area contributed by atoms with E-state index in [0.29, 0.717) is 18.9 Å². The van der Waals surface area contributed by atoms with Gasteiger partial charge < -0.3 is 5.73 Å². The maximum Gasteiger partial charge on any atom is 0.123 e. The highest BCUT2D eigenvalue weighted by Gasteiger charge is 2.11. The molecule has 4 nitrogen and oxygen atoms in total. The second kappa shape index (κ2) is 8.23. The van der Waals surface area contributed by atoms with Crippen molar-refractivity contribution in [2.75, 3.05) is 6.54 Å². The summed E-state index contributed by atoms with van der Waals surface area (Å²) in [5, 5.41) is 4.40. The Morgan fingerprint density at radius 3 is 2.65 bits per heavy atom. The molecule has 0 bridgehead atoms. The Hall–Kier alpha value is -2.53. The van der Waals surface area contributed by atoms with E-state index in [9.17, 15) is 4.39 Å². The lowest BCUT2D eigenvalue weighted by Gasteiger charge is -2.10. The van der Waals surface area contributed by atoms with Crippen molar-refractivity contribution in [1.29, 1.82) is 0 Å². The third-order valence-electron chi connectivity index (χ3n) is 4.23. The summed E-state index contributed by atoms with van der Waals surface area (Å²) >= 11 is 0. The predicted octanol–water partition coefficient (Wildman–Crippen LogP) is 3.83. The van der Waals surface area contributed by atoms with Gasteiger partial charge in [-0.1, -0.05) is 19.9 Å². The number of benzene rings is 1. The molecule has 0 amide bonds. The summed E-state index contributed by atoms with van der Waals surface area (Å²) in [6.07, 6.45) is 7.16. The predicted molar refractivity (Wildman–Crippen MR) is 102 cm³/mol. The lowest BCUT2D eigenvalue weighted by Crippen LogP contribution is -2.04. The van der Waals surface area contributed by atoms with Gasteiger partial charge in [-0.2, -0.15) is 5.10 Å². The summed E-state index contributed by atoms with van der Waals surface area (Å²) in [7, 11) is 0. The molecule has 5 heteroatoms. The van der Waals surface area contributed by atoms with E-state index in [2.05, 4.69) is 23.9 Å². The molecule has 0 fully saturated rings. The van der Waals surface area contributed by atoms with Crippen LogP contribution in [0, 0.1) is 11.7 Å². The molecule has 0 aliphatic heterocycles. The molecular weight excluding hydrogens is 327 g/mol. The van der Waals surface area contributed by atoms with Crippen LogP contribution in [0.4, 0.5) is 4.39 Å². The summed E-state index contributed by atoms with van der Waals surface area (Å²) < 4.78 is 15.8. The molecule has 2 N–H and O–H groups in total. The summed E-state index contributed by atoms with van der Waals surface area (Å²) in [5.74, 6) is 0.293. The largest absolute Gasteiger partial charge is 0.330 e. The van der Waals surface area contributed by atoms with Crippen LogP contribution in [0.25, 0.3) is 11.3 Å². The molecule has 0 spiro atoms. The normalized spacial score (nSPS) is 11.3. The Balaban J connectivity index is 1.87. The first-order valence-electron chi connectivity index (χ1n) is 9.00. The van der Waals surface area contributed by atoms with E-state index in [4.69, 9.17) is 5.73 Å². The van der Waals surface area contributed by atoms with Crippen LogP contribution in [0.3, 0.4) is 0 Å². The maximum absolute atomic E-state index is 13.9. The van der Waals surface area contributed by atoms with Crippen LogP contribution in [-0.4, -0.2) is 21.3 Å². The Labute approximate surface area is 153 Å². The van der Waals surface area contributed by atoms with E-state index < -0.39 is 0 Å². The van der Waals surface area contributed by atoms with Gasteiger partial charge in [-0.15, -0.1) is 0 Å². The van der Waals surface area contributed by atoms with Crippen molar-refractivity contribution in [3.8, 4) is 11.3 Å². The van der Waals surface area contributed by atoms with Crippen molar-refractivity contribution < 1.29 is 4.39 Å². The van der Waals surface area contributed by atoms with Crippen LogP contribution < -0.4 is 5.73 Å². The molecular formula is C21H25FN4. The van der Waals surface area contributed by atoms with Crippen LogP contribution in [0.2, 0.25) is 0 Å². The lowest BCUT2D eigenvalue weighted by molar-refractivity contribution is 0.483. The number of nitrogens with zero attached hydrogens (tertiary/aromatic N) is 3. The molecule has 136 valence electrons. The van der Waals surface area contributed by atoms with Crippen LogP contribution >= 0.6 is 0 Å². The van der Waals surface area contributed by atoms with Gasteiger partial charge in [0, 0.05) is 30.9 Å². The highest BCUT2D eigenvalue weighted by Crippen LogP contribution is 2.25. The number of nitrogens with two attached hydrogens (primary N) is 1. The second-order valence-corrected chi connectivity index (χ2v) is 7.03. The highest BCUT2D eigenvalue weighted by atomic mass is 19.1. The zero-order chi connectivity index (χ0) is 18.5. The van der Waals surface area contributed by atoms with Crippen molar-refractivity contribution in [2.24, 2.45) is 11.7 Å². The van der Waals surface area contributed by atoms with Crippen molar-refractivity contribution in [1.82, 2.24) is 14.8 Å². The van der Waals surface area contributed by atoms with Gasteiger partial charge in [0.2, 0.25) is 0 Å². The molecule has 2 heterocycles. The maximum atomic E-state index is 13.9. The summed E-state index contributed by atoms with van der Waals surface area (Å²) in [4.78, 5) is 4.55. The zero-order valence-corrected chi connectivity index (χ0v) is 15.3. The van der Waals surface area contributed by atoms with Gasteiger partial charge in [-0.05, 0) is 59.8 Å². The van der Waals surface area contributed by atoms with E-state index in [-0.39, 0.29) is 5.82 Å². The van der Waals surface area contributed by atoms with Crippen LogP contribution in [0.5, 0.6) is 0 Å². The number of pyridine rings is 1. The van der Waals surface area contributed by atoms with E-state index in [1.807, 2.05) is 35.4 Å². The molecule has 26 heavy (non-hydrogen) atoms. The molecule has 0 radical (unpaired) electrons. The summed E-state index contributed by atoms with van der Waals surface area (Å²) in [5.41, 5.74) is 10.5. The Morgan fingerprint density at radius 2 is 1.96 bits per heavy atom. The topological polar surface area (TPSA) is 56.7 Å². The van der Waals surface area contributed by atoms with Gasteiger partial charge in [0.25, 0.3) is 0 Å². The number of hydrogen-bond donors (Lipinski definition) is 1. The monoisotopic (exact) mass is 352 g/mol. The van der Waals surface area contributed by atoms with E-state index in [1.165, 1.54) is 6.07 Å².